The first kappa shape index (κ1) is 23.1. The minimum atomic E-state index is -5.08. The monoisotopic (exact) mass is 386 g/mol. The summed E-state index contributed by atoms with van der Waals surface area (Å²) < 4.78 is 59.3. The summed E-state index contributed by atoms with van der Waals surface area (Å²) in [7, 11) is -3.62. The Bertz CT molecular complexity index is 618. The van der Waals surface area contributed by atoms with Gasteiger partial charge in [-0.05, 0) is 43.7 Å². The highest BCUT2D eigenvalue weighted by molar-refractivity contribution is 7.89. The Morgan fingerprint density at radius 1 is 1.08 bits per heavy atom. The van der Waals surface area contributed by atoms with Crippen molar-refractivity contribution in [2.45, 2.75) is 36.8 Å². The smallest absolute Gasteiger partial charge is 0.490 e. The molecule has 0 aliphatic rings. The maximum absolute atomic E-state index is 11.0. The molecule has 0 radical (unpaired) electrons. The predicted molar refractivity (Wildman–Crippen MR) is 84.5 cm³/mol. The lowest BCUT2D eigenvalue weighted by Gasteiger charge is -2.06. The SMILES string of the molecule is NCCCCCCOc1ccc(S(N)(=O)=O)cc1.O=C(O)C(F)(F)F. The minimum absolute atomic E-state index is 0.0952. The zero-order chi connectivity index (χ0) is 19.5. The van der Waals surface area contributed by atoms with Gasteiger partial charge in [0.05, 0.1) is 11.5 Å². The van der Waals surface area contributed by atoms with E-state index < -0.39 is 22.2 Å². The van der Waals surface area contributed by atoms with Crippen molar-refractivity contribution >= 4 is 16.0 Å². The number of ether oxygens (including phenoxy) is 1. The zero-order valence-corrected chi connectivity index (χ0v) is 14.1. The molecule has 11 heteroatoms. The fourth-order valence-corrected chi connectivity index (χ4v) is 2.03. The van der Waals surface area contributed by atoms with Gasteiger partial charge in [0.1, 0.15) is 5.75 Å². The number of carbonyl (C=O) groups is 1. The molecule has 0 unspecified atom stereocenters. The molecule has 0 fully saturated rings. The van der Waals surface area contributed by atoms with Crippen molar-refractivity contribution in [2.75, 3.05) is 13.2 Å². The molecule has 7 nitrogen and oxygen atoms in total. The molecule has 25 heavy (non-hydrogen) atoms. The molecule has 0 aliphatic heterocycles. The molecular weight excluding hydrogens is 365 g/mol. The van der Waals surface area contributed by atoms with Crippen molar-refractivity contribution in [1.82, 2.24) is 0 Å². The highest BCUT2D eigenvalue weighted by Crippen LogP contribution is 2.15. The Hall–Kier alpha value is -1.85. The van der Waals surface area contributed by atoms with E-state index in [0.29, 0.717) is 12.4 Å². The maximum Gasteiger partial charge on any atom is 0.490 e. The van der Waals surface area contributed by atoms with Gasteiger partial charge in [-0.2, -0.15) is 13.2 Å². The normalized spacial score (nSPS) is 11.4. The predicted octanol–water partition coefficient (Wildman–Crippen LogP) is 1.87. The van der Waals surface area contributed by atoms with Crippen molar-refractivity contribution in [3.8, 4) is 5.75 Å². The van der Waals surface area contributed by atoms with Gasteiger partial charge in [0.25, 0.3) is 0 Å². The Kier molecular flexibility index (Phi) is 10.1. The number of primary sulfonamides is 1. The van der Waals surface area contributed by atoms with Gasteiger partial charge in [0.15, 0.2) is 0 Å². The lowest BCUT2D eigenvalue weighted by atomic mass is 10.2. The van der Waals surface area contributed by atoms with Crippen LogP contribution in [-0.4, -0.2) is 38.8 Å². The number of benzene rings is 1. The number of carboxylic acids is 1. The van der Waals surface area contributed by atoms with Gasteiger partial charge >= 0.3 is 12.1 Å². The third-order valence-electron chi connectivity index (χ3n) is 2.76. The quantitative estimate of drug-likeness (QED) is 0.584. The lowest BCUT2D eigenvalue weighted by Crippen LogP contribution is -2.21. The van der Waals surface area contributed by atoms with E-state index in [1.807, 2.05) is 0 Å². The number of nitrogens with two attached hydrogens (primary N) is 2. The van der Waals surface area contributed by atoms with Crippen molar-refractivity contribution in [3.05, 3.63) is 24.3 Å². The van der Waals surface area contributed by atoms with E-state index in [9.17, 15) is 21.6 Å². The van der Waals surface area contributed by atoms with Crippen LogP contribution in [0.3, 0.4) is 0 Å². The van der Waals surface area contributed by atoms with Gasteiger partial charge in [-0.15, -0.1) is 0 Å². The van der Waals surface area contributed by atoms with Gasteiger partial charge in [0, 0.05) is 0 Å². The van der Waals surface area contributed by atoms with Gasteiger partial charge in [-0.3, -0.25) is 0 Å². The molecule has 0 amide bonds. The highest BCUT2D eigenvalue weighted by atomic mass is 32.2. The van der Waals surface area contributed by atoms with E-state index in [1.54, 1.807) is 12.1 Å². The van der Waals surface area contributed by atoms with Gasteiger partial charge in [0.2, 0.25) is 10.0 Å². The molecule has 0 saturated heterocycles. The maximum atomic E-state index is 11.0. The van der Waals surface area contributed by atoms with E-state index in [0.717, 1.165) is 32.2 Å². The summed E-state index contributed by atoms with van der Waals surface area (Å²) >= 11 is 0. The molecule has 144 valence electrons. The Morgan fingerprint density at radius 2 is 1.56 bits per heavy atom. The fraction of sp³-hybridized carbons (Fsp3) is 0.500. The molecule has 0 saturated carbocycles. The molecule has 1 aromatic carbocycles. The van der Waals surface area contributed by atoms with Crippen LogP contribution < -0.4 is 15.6 Å². The standard InChI is InChI=1S/C12H20N2O3S.C2HF3O2/c13-9-3-1-2-4-10-17-11-5-7-12(8-6-11)18(14,15)16;3-2(4,5)1(6)7/h5-8H,1-4,9-10,13H2,(H2,14,15,16);(H,6,7). The van der Waals surface area contributed by atoms with Crippen molar-refractivity contribution in [3.63, 3.8) is 0 Å². The van der Waals surface area contributed by atoms with Crippen molar-refractivity contribution in [1.29, 1.82) is 0 Å². The summed E-state index contributed by atoms with van der Waals surface area (Å²) in [5.74, 6) is -2.10. The van der Waals surface area contributed by atoms with Crippen LogP contribution in [-0.2, 0) is 14.8 Å². The minimum Gasteiger partial charge on any atom is -0.494 e. The van der Waals surface area contributed by atoms with E-state index >= 15 is 0 Å². The molecule has 1 aromatic rings. The molecule has 0 atom stereocenters. The number of sulfonamides is 1. The topological polar surface area (TPSA) is 133 Å². The van der Waals surface area contributed by atoms with Crippen LogP contribution in [0.15, 0.2) is 29.2 Å². The molecule has 0 heterocycles. The second-order valence-corrected chi connectivity index (χ2v) is 6.43. The van der Waals surface area contributed by atoms with Crippen LogP contribution in [0, 0.1) is 0 Å². The molecule has 0 aromatic heterocycles. The van der Waals surface area contributed by atoms with Crippen molar-refractivity contribution in [2.24, 2.45) is 10.9 Å². The molecule has 0 aliphatic carbocycles. The largest absolute Gasteiger partial charge is 0.494 e. The fourth-order valence-electron chi connectivity index (χ4n) is 1.52. The zero-order valence-electron chi connectivity index (χ0n) is 13.3. The molecule has 0 spiro atoms. The Balaban J connectivity index is 0.000000697. The third-order valence-corrected chi connectivity index (χ3v) is 3.69. The number of unbranched alkanes of at least 4 members (excludes halogenated alkanes) is 3. The number of hydrogen-bond donors (Lipinski definition) is 3. The summed E-state index contributed by atoms with van der Waals surface area (Å²) in [5.41, 5.74) is 5.39. The number of rotatable bonds is 8. The lowest BCUT2D eigenvalue weighted by molar-refractivity contribution is -0.192. The van der Waals surface area contributed by atoms with E-state index in [4.69, 9.17) is 25.5 Å². The summed E-state index contributed by atoms with van der Waals surface area (Å²) in [6.07, 6.45) is -0.864. The van der Waals surface area contributed by atoms with Gasteiger partial charge in [-0.1, -0.05) is 12.8 Å². The summed E-state index contributed by atoms with van der Waals surface area (Å²) in [4.78, 5) is 8.99. The second kappa shape index (κ2) is 10.9. The number of carboxylic acid groups (broad SMARTS) is 1. The molecule has 5 N–H and O–H groups in total. The van der Waals surface area contributed by atoms with Crippen LogP contribution >= 0.6 is 0 Å². The number of alkyl halides is 3. The molecular formula is C14H21F3N2O5S. The third kappa shape index (κ3) is 11.3. The Labute approximate surface area is 143 Å². The number of halogens is 3. The first-order valence-corrected chi connectivity index (χ1v) is 8.79. The van der Waals surface area contributed by atoms with Crippen LogP contribution in [0.1, 0.15) is 25.7 Å². The first-order valence-electron chi connectivity index (χ1n) is 7.24. The van der Waals surface area contributed by atoms with Crippen LogP contribution in [0.4, 0.5) is 13.2 Å². The average molecular weight is 386 g/mol. The van der Waals surface area contributed by atoms with Crippen LogP contribution in [0.2, 0.25) is 0 Å². The Morgan fingerprint density at radius 3 is 1.96 bits per heavy atom. The number of aliphatic carboxylic acids is 1. The summed E-state index contributed by atoms with van der Waals surface area (Å²) in [6.45, 7) is 1.36. The van der Waals surface area contributed by atoms with Crippen molar-refractivity contribution < 1.29 is 36.2 Å². The number of hydrogen-bond acceptors (Lipinski definition) is 5. The van der Waals surface area contributed by atoms with E-state index in [-0.39, 0.29) is 4.90 Å². The summed E-state index contributed by atoms with van der Waals surface area (Å²) in [6, 6.07) is 6.11. The van der Waals surface area contributed by atoms with Crippen LogP contribution in [0.5, 0.6) is 5.75 Å². The second-order valence-electron chi connectivity index (χ2n) is 4.87. The van der Waals surface area contributed by atoms with E-state index in [1.165, 1.54) is 12.1 Å². The first-order chi connectivity index (χ1) is 11.5. The van der Waals surface area contributed by atoms with Crippen LogP contribution in [0.25, 0.3) is 0 Å². The van der Waals surface area contributed by atoms with Gasteiger partial charge < -0.3 is 15.6 Å². The highest BCUT2D eigenvalue weighted by Gasteiger charge is 2.38. The average Bonchev–Trinajstić information content (AvgIpc) is 2.50. The van der Waals surface area contributed by atoms with E-state index in [2.05, 4.69) is 0 Å². The molecule has 0 bridgehead atoms. The summed E-state index contributed by atoms with van der Waals surface area (Å²) in [5, 5.41) is 12.1. The molecule has 1 rings (SSSR count). The van der Waals surface area contributed by atoms with Gasteiger partial charge in [-0.25, -0.2) is 18.4 Å².